The molecule has 0 aliphatic carbocycles. The molecule has 0 aliphatic heterocycles. The van der Waals surface area contributed by atoms with E-state index in [-0.39, 0.29) is 17.3 Å². The van der Waals surface area contributed by atoms with Gasteiger partial charge in [-0.15, -0.1) is 0 Å². The summed E-state index contributed by atoms with van der Waals surface area (Å²) in [6.07, 6.45) is 0. The molecule has 0 saturated carbocycles. The van der Waals surface area contributed by atoms with Crippen LogP contribution in [-0.4, -0.2) is 27.6 Å². The van der Waals surface area contributed by atoms with E-state index in [0.29, 0.717) is 5.75 Å². The average Bonchev–Trinajstić information content (AvgIpc) is 2.48. The molecule has 0 heterocycles. The van der Waals surface area contributed by atoms with Gasteiger partial charge in [0.15, 0.2) is 0 Å². The van der Waals surface area contributed by atoms with E-state index in [1.807, 2.05) is 18.2 Å². The molecule has 2 aromatic rings. The molecule has 1 unspecified atom stereocenters. The van der Waals surface area contributed by atoms with Crippen molar-refractivity contribution in [2.24, 2.45) is 0 Å². The van der Waals surface area contributed by atoms with Crippen LogP contribution in [-0.2, 0) is 10.8 Å². The monoisotopic (exact) mass is 308 g/mol. The number of ether oxygens (including phenoxy) is 1. The van der Waals surface area contributed by atoms with E-state index < -0.39 is 28.1 Å². The van der Waals surface area contributed by atoms with Gasteiger partial charge >= 0.3 is 5.97 Å². The molecule has 1 N–H and O–H groups in total. The fourth-order valence-corrected chi connectivity index (χ4v) is 2.62. The van der Waals surface area contributed by atoms with Crippen LogP contribution in [0.15, 0.2) is 53.4 Å². The highest BCUT2D eigenvalue weighted by Gasteiger charge is 2.13. The minimum Gasteiger partial charge on any atom is -0.493 e. The molecule has 0 radical (unpaired) electrons. The summed E-state index contributed by atoms with van der Waals surface area (Å²) in [6, 6.07) is 12.5. The Balaban J connectivity index is 1.97. The highest BCUT2D eigenvalue weighted by atomic mass is 32.2. The Morgan fingerprint density at radius 2 is 1.90 bits per heavy atom. The lowest BCUT2D eigenvalue weighted by Crippen LogP contribution is -2.10. The van der Waals surface area contributed by atoms with Crippen molar-refractivity contribution in [1.82, 2.24) is 0 Å². The van der Waals surface area contributed by atoms with Gasteiger partial charge in [-0.1, -0.05) is 18.2 Å². The molecule has 0 bridgehead atoms. The molecule has 4 nitrogen and oxygen atoms in total. The lowest BCUT2D eigenvalue weighted by atomic mass is 10.2. The highest BCUT2D eigenvalue weighted by Crippen LogP contribution is 2.15. The number of hydrogen-bond acceptors (Lipinski definition) is 3. The van der Waals surface area contributed by atoms with E-state index in [0.717, 1.165) is 12.1 Å². The first-order valence-corrected chi connectivity index (χ1v) is 7.49. The van der Waals surface area contributed by atoms with E-state index in [9.17, 15) is 13.4 Å². The minimum absolute atomic E-state index is 0.194. The summed E-state index contributed by atoms with van der Waals surface area (Å²) in [5, 5.41) is 8.83. The Morgan fingerprint density at radius 3 is 2.57 bits per heavy atom. The Morgan fingerprint density at radius 1 is 1.19 bits per heavy atom. The van der Waals surface area contributed by atoms with E-state index in [1.165, 1.54) is 6.07 Å². The fourth-order valence-electron chi connectivity index (χ4n) is 1.68. The molecule has 0 amide bonds. The summed E-state index contributed by atoms with van der Waals surface area (Å²) >= 11 is 0. The molecule has 0 aliphatic rings. The summed E-state index contributed by atoms with van der Waals surface area (Å²) in [4.78, 5) is 11.1. The zero-order valence-corrected chi connectivity index (χ0v) is 11.8. The van der Waals surface area contributed by atoms with Crippen LogP contribution in [0, 0.1) is 5.82 Å². The SMILES string of the molecule is O=C(O)c1cc(S(=O)CCOc2ccccc2)ccc1F. The molecular formula is C15H13FO4S. The summed E-state index contributed by atoms with van der Waals surface area (Å²) in [5.74, 6) is -1.37. The second-order valence-corrected chi connectivity index (χ2v) is 5.73. The van der Waals surface area contributed by atoms with Gasteiger partial charge in [-0.25, -0.2) is 9.18 Å². The average molecular weight is 308 g/mol. The van der Waals surface area contributed by atoms with Gasteiger partial charge < -0.3 is 9.84 Å². The number of benzene rings is 2. The third-order valence-corrected chi connectivity index (χ3v) is 4.03. The summed E-state index contributed by atoms with van der Waals surface area (Å²) in [5.41, 5.74) is -0.482. The van der Waals surface area contributed by atoms with E-state index in [4.69, 9.17) is 9.84 Å². The van der Waals surface area contributed by atoms with Crippen LogP contribution in [0.3, 0.4) is 0 Å². The molecule has 2 aromatic carbocycles. The first-order valence-electron chi connectivity index (χ1n) is 6.17. The largest absolute Gasteiger partial charge is 0.493 e. The number of para-hydroxylation sites is 1. The van der Waals surface area contributed by atoms with Gasteiger partial charge in [0.1, 0.15) is 18.2 Å². The maximum absolute atomic E-state index is 13.3. The smallest absolute Gasteiger partial charge is 0.338 e. The molecule has 1 atom stereocenters. The van der Waals surface area contributed by atoms with Crippen LogP contribution >= 0.6 is 0 Å². The van der Waals surface area contributed by atoms with Crippen molar-refractivity contribution in [2.45, 2.75) is 4.90 Å². The zero-order chi connectivity index (χ0) is 15.2. The van der Waals surface area contributed by atoms with Gasteiger partial charge in [0, 0.05) is 4.90 Å². The predicted molar refractivity (Wildman–Crippen MR) is 76.6 cm³/mol. The highest BCUT2D eigenvalue weighted by molar-refractivity contribution is 7.85. The van der Waals surface area contributed by atoms with Crippen molar-refractivity contribution >= 4 is 16.8 Å². The number of hydrogen-bond donors (Lipinski definition) is 1. The Kier molecular flexibility index (Phi) is 5.05. The van der Waals surface area contributed by atoms with E-state index in [2.05, 4.69) is 0 Å². The van der Waals surface area contributed by atoms with Crippen LogP contribution in [0.2, 0.25) is 0 Å². The Bertz CT molecular complexity index is 658. The quantitative estimate of drug-likeness (QED) is 0.891. The minimum atomic E-state index is -1.45. The fraction of sp³-hybridized carbons (Fsp3) is 0.133. The number of carboxylic acid groups (broad SMARTS) is 1. The summed E-state index contributed by atoms with van der Waals surface area (Å²) in [7, 11) is -1.45. The van der Waals surface area contributed by atoms with Gasteiger partial charge in [-0.2, -0.15) is 0 Å². The molecule has 0 spiro atoms. The number of carbonyl (C=O) groups is 1. The lowest BCUT2D eigenvalue weighted by molar-refractivity contribution is 0.0691. The normalized spacial score (nSPS) is 11.9. The molecule has 0 fully saturated rings. The standard InChI is InChI=1S/C15H13FO4S/c16-14-7-6-12(10-13(14)15(17)18)21(19)9-8-20-11-4-2-1-3-5-11/h1-7,10H,8-9H2,(H,17,18). The number of rotatable bonds is 6. The predicted octanol–water partition coefficient (Wildman–Crippen LogP) is 2.71. The van der Waals surface area contributed by atoms with Crippen LogP contribution in [0.1, 0.15) is 10.4 Å². The third kappa shape index (κ3) is 4.13. The van der Waals surface area contributed by atoms with Gasteiger partial charge in [0.05, 0.1) is 22.1 Å². The number of halogens is 1. The molecule has 6 heteroatoms. The maximum Gasteiger partial charge on any atom is 0.338 e. The first kappa shape index (κ1) is 15.2. The van der Waals surface area contributed by atoms with Gasteiger partial charge in [-0.05, 0) is 30.3 Å². The zero-order valence-electron chi connectivity index (χ0n) is 11.0. The van der Waals surface area contributed by atoms with Crippen molar-refractivity contribution < 1.29 is 23.2 Å². The van der Waals surface area contributed by atoms with Gasteiger partial charge in [0.25, 0.3) is 0 Å². The number of carboxylic acids is 1. The Labute approximate surface area is 123 Å². The van der Waals surface area contributed by atoms with E-state index in [1.54, 1.807) is 12.1 Å². The van der Waals surface area contributed by atoms with E-state index >= 15 is 0 Å². The Hall–Kier alpha value is -2.21. The van der Waals surface area contributed by atoms with Gasteiger partial charge in [-0.3, -0.25) is 4.21 Å². The molecule has 0 saturated heterocycles. The second-order valence-electron chi connectivity index (χ2n) is 4.16. The third-order valence-electron chi connectivity index (χ3n) is 2.71. The topological polar surface area (TPSA) is 63.6 Å². The van der Waals surface area contributed by atoms with Crippen molar-refractivity contribution in [2.75, 3.05) is 12.4 Å². The van der Waals surface area contributed by atoms with Crippen LogP contribution < -0.4 is 4.74 Å². The maximum atomic E-state index is 13.3. The van der Waals surface area contributed by atoms with Gasteiger partial charge in [0.2, 0.25) is 0 Å². The lowest BCUT2D eigenvalue weighted by Gasteiger charge is -2.07. The molecule has 110 valence electrons. The van der Waals surface area contributed by atoms with Crippen LogP contribution in [0.4, 0.5) is 4.39 Å². The van der Waals surface area contributed by atoms with Crippen molar-refractivity contribution in [1.29, 1.82) is 0 Å². The van der Waals surface area contributed by atoms with Crippen LogP contribution in [0.5, 0.6) is 5.75 Å². The van der Waals surface area contributed by atoms with Crippen molar-refractivity contribution in [3.63, 3.8) is 0 Å². The molecule has 21 heavy (non-hydrogen) atoms. The number of aromatic carboxylic acids is 1. The molecule has 0 aromatic heterocycles. The molecule has 2 rings (SSSR count). The van der Waals surface area contributed by atoms with Crippen LogP contribution in [0.25, 0.3) is 0 Å². The summed E-state index contributed by atoms with van der Waals surface area (Å²) in [6.45, 7) is 0.219. The van der Waals surface area contributed by atoms with Crippen molar-refractivity contribution in [3.05, 3.63) is 59.9 Å². The second kappa shape index (κ2) is 6.99. The van der Waals surface area contributed by atoms with Crippen molar-refractivity contribution in [3.8, 4) is 5.75 Å². The first-order chi connectivity index (χ1) is 10.1. The summed E-state index contributed by atoms with van der Waals surface area (Å²) < 4.78 is 30.7. The molecular weight excluding hydrogens is 295 g/mol.